The summed E-state index contributed by atoms with van der Waals surface area (Å²) < 4.78 is 1.29. The predicted octanol–water partition coefficient (Wildman–Crippen LogP) is 1.77. The number of quaternary nitrogens is 1. The molecular weight excluding hydrogens is 369 g/mol. The average molecular weight is 401 g/mol. The highest BCUT2D eigenvalue weighted by molar-refractivity contribution is 5.26. The second kappa shape index (κ2) is 8.52. The van der Waals surface area contributed by atoms with Gasteiger partial charge in [0.15, 0.2) is 0 Å². The van der Waals surface area contributed by atoms with E-state index in [9.17, 15) is 0 Å². The van der Waals surface area contributed by atoms with E-state index >= 15 is 0 Å². The third-order valence-corrected chi connectivity index (χ3v) is 6.02. The first-order valence-corrected chi connectivity index (χ1v) is 8.61. The van der Waals surface area contributed by atoms with Crippen LogP contribution in [0.1, 0.15) is 58.4 Å². The Kier molecular flexibility index (Phi) is 7.69. The lowest BCUT2D eigenvalue weighted by Gasteiger charge is -2.40. The van der Waals surface area contributed by atoms with Gasteiger partial charge < -0.3 is 28.5 Å². The zero-order valence-electron chi connectivity index (χ0n) is 14.1. The molecule has 0 heterocycles. The number of benzene rings is 1. The Labute approximate surface area is 148 Å². The maximum atomic E-state index is 2.36. The standard InChI is InChI=1S/C19H32N.HI/c1-4-20(5-2,6-3)17-16-19(14-10-11-15-19)18-12-8-7-9-13-18;/h7-9,12-13H,4-6,10-11,14-17H2,1-3H3;1H/q+1;/p-1. The molecule has 0 spiro atoms. The summed E-state index contributed by atoms with van der Waals surface area (Å²) >= 11 is 0. The molecule has 1 aliphatic carbocycles. The minimum absolute atomic E-state index is 0. The summed E-state index contributed by atoms with van der Waals surface area (Å²) in [7, 11) is 0. The van der Waals surface area contributed by atoms with Crippen LogP contribution in [0.5, 0.6) is 0 Å². The molecule has 1 nitrogen and oxygen atoms in total. The van der Waals surface area contributed by atoms with E-state index in [0.717, 1.165) is 0 Å². The Morgan fingerprint density at radius 3 is 1.90 bits per heavy atom. The number of hydrogen-bond acceptors (Lipinski definition) is 0. The van der Waals surface area contributed by atoms with Gasteiger partial charge in [0, 0.05) is 11.8 Å². The van der Waals surface area contributed by atoms with Gasteiger partial charge in [0.25, 0.3) is 0 Å². The van der Waals surface area contributed by atoms with Crippen molar-refractivity contribution >= 4 is 0 Å². The normalized spacial score (nSPS) is 17.5. The Morgan fingerprint density at radius 2 is 1.43 bits per heavy atom. The number of hydrogen-bond donors (Lipinski definition) is 0. The Hall–Kier alpha value is -0.0900. The molecule has 0 aliphatic heterocycles. The molecule has 1 aliphatic rings. The van der Waals surface area contributed by atoms with Crippen molar-refractivity contribution < 1.29 is 28.5 Å². The second-order valence-corrected chi connectivity index (χ2v) is 6.62. The SMILES string of the molecule is CC[N+](CC)(CC)CCC1(c2ccccc2)CCCC1.[I-]. The number of halogens is 1. The van der Waals surface area contributed by atoms with Crippen LogP contribution in [-0.2, 0) is 5.41 Å². The van der Waals surface area contributed by atoms with Crippen LogP contribution in [0.25, 0.3) is 0 Å². The Bertz CT molecular complexity index is 383. The van der Waals surface area contributed by atoms with Crippen LogP contribution in [-0.4, -0.2) is 30.7 Å². The van der Waals surface area contributed by atoms with Crippen LogP contribution < -0.4 is 24.0 Å². The predicted molar refractivity (Wildman–Crippen MR) is 88.0 cm³/mol. The van der Waals surface area contributed by atoms with Gasteiger partial charge in [-0.05, 0) is 39.2 Å². The highest BCUT2D eigenvalue weighted by Gasteiger charge is 2.37. The minimum atomic E-state index is 0. The summed E-state index contributed by atoms with van der Waals surface area (Å²) in [5, 5.41) is 0. The molecule has 0 unspecified atom stereocenters. The van der Waals surface area contributed by atoms with Crippen molar-refractivity contribution in [3.05, 3.63) is 35.9 Å². The van der Waals surface area contributed by atoms with Gasteiger partial charge in [-0.1, -0.05) is 43.2 Å². The van der Waals surface area contributed by atoms with Crippen molar-refractivity contribution in [3.63, 3.8) is 0 Å². The van der Waals surface area contributed by atoms with Gasteiger partial charge in [-0.3, -0.25) is 0 Å². The average Bonchev–Trinajstić information content (AvgIpc) is 3.00. The van der Waals surface area contributed by atoms with E-state index in [1.165, 1.54) is 62.8 Å². The van der Waals surface area contributed by atoms with Crippen LogP contribution in [0.15, 0.2) is 30.3 Å². The molecular formula is C19H32IN. The molecule has 1 aromatic carbocycles. The van der Waals surface area contributed by atoms with Crippen LogP contribution in [0.4, 0.5) is 0 Å². The first-order chi connectivity index (χ1) is 9.70. The fourth-order valence-corrected chi connectivity index (χ4v) is 4.12. The third kappa shape index (κ3) is 4.22. The highest BCUT2D eigenvalue weighted by atomic mass is 127. The quantitative estimate of drug-likeness (QED) is 0.483. The van der Waals surface area contributed by atoms with Crippen molar-refractivity contribution in [3.8, 4) is 0 Å². The molecule has 0 atom stereocenters. The topological polar surface area (TPSA) is 0 Å². The van der Waals surface area contributed by atoms with Gasteiger partial charge in [-0.15, -0.1) is 0 Å². The smallest absolute Gasteiger partial charge is 0.0795 e. The van der Waals surface area contributed by atoms with Crippen molar-refractivity contribution in [2.75, 3.05) is 26.2 Å². The van der Waals surface area contributed by atoms with Gasteiger partial charge >= 0.3 is 0 Å². The molecule has 0 N–H and O–H groups in total. The zero-order valence-corrected chi connectivity index (χ0v) is 16.2. The van der Waals surface area contributed by atoms with Gasteiger partial charge in [0.05, 0.1) is 26.2 Å². The molecule has 0 bridgehead atoms. The molecule has 0 radical (unpaired) electrons. The molecule has 0 saturated heterocycles. The summed E-state index contributed by atoms with van der Waals surface area (Å²) in [5.74, 6) is 0. The lowest BCUT2D eigenvalue weighted by Crippen LogP contribution is -3.00. The van der Waals surface area contributed by atoms with Gasteiger partial charge in [0.2, 0.25) is 0 Å². The van der Waals surface area contributed by atoms with Crippen LogP contribution >= 0.6 is 0 Å². The largest absolute Gasteiger partial charge is 1.00 e. The van der Waals surface area contributed by atoms with E-state index in [0.29, 0.717) is 5.41 Å². The first kappa shape index (κ1) is 19.0. The van der Waals surface area contributed by atoms with Crippen molar-refractivity contribution in [1.82, 2.24) is 0 Å². The molecule has 1 aromatic rings. The van der Waals surface area contributed by atoms with Gasteiger partial charge in [-0.2, -0.15) is 0 Å². The molecule has 1 fully saturated rings. The fourth-order valence-electron chi connectivity index (χ4n) is 4.12. The number of rotatable bonds is 7. The lowest BCUT2D eigenvalue weighted by atomic mass is 9.76. The first-order valence-electron chi connectivity index (χ1n) is 8.61. The summed E-state index contributed by atoms with van der Waals surface area (Å²) in [4.78, 5) is 0. The van der Waals surface area contributed by atoms with Crippen molar-refractivity contribution in [1.29, 1.82) is 0 Å². The third-order valence-electron chi connectivity index (χ3n) is 6.02. The van der Waals surface area contributed by atoms with Crippen LogP contribution in [0, 0.1) is 0 Å². The highest BCUT2D eigenvalue weighted by Crippen LogP contribution is 2.44. The van der Waals surface area contributed by atoms with Crippen LogP contribution in [0.3, 0.4) is 0 Å². The van der Waals surface area contributed by atoms with E-state index in [2.05, 4.69) is 51.1 Å². The Morgan fingerprint density at radius 1 is 0.905 bits per heavy atom. The second-order valence-electron chi connectivity index (χ2n) is 6.62. The van der Waals surface area contributed by atoms with E-state index in [4.69, 9.17) is 0 Å². The van der Waals surface area contributed by atoms with E-state index < -0.39 is 0 Å². The van der Waals surface area contributed by atoms with E-state index in [1.807, 2.05) is 0 Å². The summed E-state index contributed by atoms with van der Waals surface area (Å²) in [6, 6.07) is 11.3. The molecule has 0 aromatic heterocycles. The fraction of sp³-hybridized carbons (Fsp3) is 0.684. The number of nitrogens with zero attached hydrogens (tertiary/aromatic N) is 1. The van der Waals surface area contributed by atoms with E-state index in [-0.39, 0.29) is 24.0 Å². The minimum Gasteiger partial charge on any atom is -1.00 e. The van der Waals surface area contributed by atoms with E-state index in [1.54, 1.807) is 5.56 Å². The molecule has 0 amide bonds. The maximum Gasteiger partial charge on any atom is 0.0795 e. The summed E-state index contributed by atoms with van der Waals surface area (Å²) in [6.45, 7) is 12.2. The molecule has 1 saturated carbocycles. The molecule has 2 heteroatoms. The summed E-state index contributed by atoms with van der Waals surface area (Å²) in [5.41, 5.74) is 2.07. The Balaban J connectivity index is 0.00000220. The van der Waals surface area contributed by atoms with Crippen molar-refractivity contribution in [2.24, 2.45) is 0 Å². The maximum absolute atomic E-state index is 2.36. The van der Waals surface area contributed by atoms with Gasteiger partial charge in [-0.25, -0.2) is 0 Å². The molecule has 2 rings (SSSR count). The van der Waals surface area contributed by atoms with Gasteiger partial charge in [0.1, 0.15) is 0 Å². The van der Waals surface area contributed by atoms with Crippen molar-refractivity contribution in [2.45, 2.75) is 58.3 Å². The summed E-state index contributed by atoms with van der Waals surface area (Å²) in [6.07, 6.45) is 6.99. The molecule has 120 valence electrons. The monoisotopic (exact) mass is 401 g/mol. The van der Waals surface area contributed by atoms with Crippen LogP contribution in [0.2, 0.25) is 0 Å². The zero-order chi connectivity index (χ0) is 14.5. The molecule has 21 heavy (non-hydrogen) atoms. The lowest BCUT2D eigenvalue weighted by molar-refractivity contribution is -0.923.